The van der Waals surface area contributed by atoms with Crippen LogP contribution >= 0.6 is 0 Å². The number of carboxylic acid groups (broad SMARTS) is 1. The van der Waals surface area contributed by atoms with Crippen molar-refractivity contribution in [2.45, 2.75) is 46.6 Å². The second kappa shape index (κ2) is 6.36. The van der Waals surface area contributed by atoms with E-state index in [1.165, 1.54) is 0 Å². The van der Waals surface area contributed by atoms with Crippen molar-refractivity contribution >= 4 is 5.97 Å². The van der Waals surface area contributed by atoms with Crippen LogP contribution in [-0.4, -0.2) is 48.2 Å². The Morgan fingerprint density at radius 1 is 1.24 bits per heavy atom. The highest BCUT2D eigenvalue weighted by Gasteiger charge is 2.34. The maximum absolute atomic E-state index is 11.3. The van der Waals surface area contributed by atoms with Crippen LogP contribution in [0.4, 0.5) is 0 Å². The van der Waals surface area contributed by atoms with Crippen LogP contribution in [0.2, 0.25) is 0 Å². The standard InChI is InChI=1S/C13H28N2O2/c1-7-8-14-13(5,11(16)17)10-15(6)9-12(2,3)4/h14H,7-10H2,1-6H3,(H,16,17). The smallest absolute Gasteiger partial charge is 0.324 e. The zero-order valence-electron chi connectivity index (χ0n) is 12.1. The number of nitrogens with zero attached hydrogens (tertiary/aromatic N) is 1. The molecule has 0 radical (unpaired) electrons. The summed E-state index contributed by atoms with van der Waals surface area (Å²) in [5, 5.41) is 12.4. The van der Waals surface area contributed by atoms with Gasteiger partial charge in [0.1, 0.15) is 5.54 Å². The average molecular weight is 244 g/mol. The monoisotopic (exact) mass is 244 g/mol. The van der Waals surface area contributed by atoms with E-state index in [0.717, 1.165) is 19.5 Å². The molecular weight excluding hydrogens is 216 g/mol. The van der Waals surface area contributed by atoms with Gasteiger partial charge in [0.2, 0.25) is 0 Å². The number of likely N-dealkylation sites (N-methyl/N-ethyl adjacent to an activating group) is 1. The van der Waals surface area contributed by atoms with Gasteiger partial charge in [-0.25, -0.2) is 0 Å². The summed E-state index contributed by atoms with van der Waals surface area (Å²) in [5.74, 6) is -0.785. The van der Waals surface area contributed by atoms with Crippen LogP contribution in [0.3, 0.4) is 0 Å². The fourth-order valence-corrected chi connectivity index (χ4v) is 2.01. The largest absolute Gasteiger partial charge is 0.480 e. The van der Waals surface area contributed by atoms with Crippen molar-refractivity contribution in [1.82, 2.24) is 10.2 Å². The molecule has 0 amide bonds. The SMILES string of the molecule is CCCNC(C)(CN(C)CC(C)(C)C)C(=O)O. The summed E-state index contributed by atoms with van der Waals surface area (Å²) >= 11 is 0. The number of rotatable bonds is 7. The molecule has 0 spiro atoms. The number of aliphatic carboxylic acids is 1. The van der Waals surface area contributed by atoms with Crippen LogP contribution in [0.15, 0.2) is 0 Å². The fourth-order valence-electron chi connectivity index (χ4n) is 2.01. The van der Waals surface area contributed by atoms with E-state index in [1.807, 2.05) is 14.0 Å². The van der Waals surface area contributed by atoms with Gasteiger partial charge in [-0.2, -0.15) is 0 Å². The molecule has 4 heteroatoms. The molecule has 17 heavy (non-hydrogen) atoms. The summed E-state index contributed by atoms with van der Waals surface area (Å²) in [5.41, 5.74) is -0.686. The highest BCUT2D eigenvalue weighted by molar-refractivity contribution is 5.78. The molecule has 4 nitrogen and oxygen atoms in total. The summed E-state index contributed by atoms with van der Waals surface area (Å²) in [4.78, 5) is 13.4. The highest BCUT2D eigenvalue weighted by atomic mass is 16.4. The molecule has 0 fully saturated rings. The van der Waals surface area contributed by atoms with Gasteiger partial charge in [0.05, 0.1) is 0 Å². The Bertz CT molecular complexity index is 248. The first-order chi connectivity index (χ1) is 7.60. The number of hydrogen-bond donors (Lipinski definition) is 2. The number of carboxylic acids is 1. The number of nitrogens with one attached hydrogen (secondary N) is 1. The Morgan fingerprint density at radius 3 is 2.12 bits per heavy atom. The molecule has 0 heterocycles. The molecule has 0 rings (SSSR count). The van der Waals surface area contributed by atoms with Gasteiger partial charge in [-0.1, -0.05) is 27.7 Å². The lowest BCUT2D eigenvalue weighted by Gasteiger charge is -2.34. The minimum Gasteiger partial charge on any atom is -0.480 e. The summed E-state index contributed by atoms with van der Waals surface area (Å²) in [6.07, 6.45) is 0.936. The van der Waals surface area contributed by atoms with Crippen molar-refractivity contribution in [1.29, 1.82) is 0 Å². The summed E-state index contributed by atoms with van der Waals surface area (Å²) in [7, 11) is 1.97. The van der Waals surface area contributed by atoms with Gasteiger partial charge in [0.25, 0.3) is 0 Å². The molecule has 1 unspecified atom stereocenters. The van der Waals surface area contributed by atoms with E-state index < -0.39 is 11.5 Å². The van der Waals surface area contributed by atoms with Gasteiger partial charge in [-0.3, -0.25) is 4.79 Å². The molecule has 1 atom stereocenters. The Kier molecular flexibility index (Phi) is 6.13. The molecule has 0 bridgehead atoms. The minimum absolute atomic E-state index is 0.179. The number of hydrogen-bond acceptors (Lipinski definition) is 3. The molecular formula is C13H28N2O2. The van der Waals surface area contributed by atoms with Crippen molar-refractivity contribution < 1.29 is 9.90 Å². The van der Waals surface area contributed by atoms with Crippen LogP contribution in [0.1, 0.15) is 41.0 Å². The van der Waals surface area contributed by atoms with Crippen LogP contribution in [0.5, 0.6) is 0 Å². The second-order valence-corrected chi connectivity index (χ2v) is 6.30. The predicted octanol–water partition coefficient (Wildman–Crippen LogP) is 1.81. The maximum atomic E-state index is 11.3. The summed E-state index contributed by atoms with van der Waals surface area (Å²) in [6.45, 7) is 12.4. The van der Waals surface area contributed by atoms with Crippen molar-refractivity contribution in [3.63, 3.8) is 0 Å². The van der Waals surface area contributed by atoms with Gasteiger partial charge >= 0.3 is 5.97 Å². The first-order valence-electron chi connectivity index (χ1n) is 6.28. The third kappa shape index (κ3) is 6.64. The van der Waals surface area contributed by atoms with E-state index in [4.69, 9.17) is 0 Å². The molecule has 0 aliphatic rings. The Morgan fingerprint density at radius 2 is 1.76 bits per heavy atom. The van der Waals surface area contributed by atoms with Gasteiger partial charge in [-0.05, 0) is 32.4 Å². The lowest BCUT2D eigenvalue weighted by molar-refractivity contribution is -0.145. The van der Waals surface area contributed by atoms with E-state index in [1.54, 1.807) is 6.92 Å². The lowest BCUT2D eigenvalue weighted by atomic mass is 9.94. The third-order valence-electron chi connectivity index (χ3n) is 2.57. The van der Waals surface area contributed by atoms with Gasteiger partial charge < -0.3 is 15.3 Å². The molecule has 2 N–H and O–H groups in total. The Balaban J connectivity index is 4.49. The lowest BCUT2D eigenvalue weighted by Crippen LogP contribution is -2.57. The first kappa shape index (κ1) is 16.4. The average Bonchev–Trinajstić information content (AvgIpc) is 2.11. The molecule has 0 aliphatic carbocycles. The van der Waals surface area contributed by atoms with Crippen molar-refractivity contribution in [2.75, 3.05) is 26.7 Å². The van der Waals surface area contributed by atoms with Crippen molar-refractivity contribution in [2.24, 2.45) is 5.41 Å². The van der Waals surface area contributed by atoms with Crippen molar-refractivity contribution in [3.05, 3.63) is 0 Å². The quantitative estimate of drug-likeness (QED) is 0.717. The summed E-state index contributed by atoms with van der Waals surface area (Å²) < 4.78 is 0. The van der Waals surface area contributed by atoms with E-state index in [9.17, 15) is 9.90 Å². The molecule has 0 aromatic rings. The second-order valence-electron chi connectivity index (χ2n) is 6.30. The number of carbonyl (C=O) groups is 1. The van der Waals surface area contributed by atoms with Gasteiger partial charge in [0, 0.05) is 13.1 Å². The molecule has 0 aliphatic heterocycles. The van der Waals surface area contributed by atoms with E-state index in [0.29, 0.717) is 6.54 Å². The molecule has 0 aromatic heterocycles. The normalized spacial score (nSPS) is 15.9. The molecule has 0 aromatic carbocycles. The Labute approximate surface area is 105 Å². The Hall–Kier alpha value is -0.610. The molecule has 0 saturated heterocycles. The summed E-state index contributed by atoms with van der Waals surface area (Å²) in [6, 6.07) is 0. The van der Waals surface area contributed by atoms with Gasteiger partial charge in [0.15, 0.2) is 0 Å². The zero-order valence-corrected chi connectivity index (χ0v) is 12.1. The highest BCUT2D eigenvalue weighted by Crippen LogP contribution is 2.16. The van der Waals surface area contributed by atoms with Crippen LogP contribution in [0, 0.1) is 5.41 Å². The fraction of sp³-hybridized carbons (Fsp3) is 0.923. The topological polar surface area (TPSA) is 52.6 Å². The van der Waals surface area contributed by atoms with Crippen molar-refractivity contribution in [3.8, 4) is 0 Å². The molecule has 0 saturated carbocycles. The van der Waals surface area contributed by atoms with Crippen LogP contribution < -0.4 is 5.32 Å². The first-order valence-corrected chi connectivity index (χ1v) is 6.28. The molecule has 102 valence electrons. The van der Waals surface area contributed by atoms with Crippen LogP contribution in [0.25, 0.3) is 0 Å². The van der Waals surface area contributed by atoms with E-state index in [2.05, 4.69) is 31.0 Å². The minimum atomic E-state index is -0.865. The maximum Gasteiger partial charge on any atom is 0.324 e. The van der Waals surface area contributed by atoms with E-state index >= 15 is 0 Å². The van der Waals surface area contributed by atoms with E-state index in [-0.39, 0.29) is 5.41 Å². The predicted molar refractivity (Wildman–Crippen MR) is 71.3 cm³/mol. The van der Waals surface area contributed by atoms with Crippen LogP contribution in [-0.2, 0) is 4.79 Å². The van der Waals surface area contributed by atoms with Gasteiger partial charge in [-0.15, -0.1) is 0 Å². The third-order valence-corrected chi connectivity index (χ3v) is 2.57. The zero-order chi connectivity index (χ0) is 13.7.